The van der Waals surface area contributed by atoms with Gasteiger partial charge in [-0.05, 0) is 13.8 Å². The summed E-state index contributed by atoms with van der Waals surface area (Å²) < 4.78 is 1.75. The molecule has 66 valence electrons. The molecule has 0 saturated heterocycles. The van der Waals surface area contributed by atoms with Crippen LogP contribution in [0.25, 0.3) is 0 Å². The van der Waals surface area contributed by atoms with Gasteiger partial charge >= 0.3 is 5.97 Å². The Kier molecular flexibility index (Phi) is 2.47. The van der Waals surface area contributed by atoms with Crippen LogP contribution in [0.15, 0.2) is 12.4 Å². The first-order chi connectivity index (χ1) is 5.59. The van der Waals surface area contributed by atoms with E-state index in [2.05, 4.69) is 5.10 Å². The second-order valence-electron chi connectivity index (χ2n) is 2.99. The van der Waals surface area contributed by atoms with E-state index in [1.807, 2.05) is 13.8 Å². The summed E-state index contributed by atoms with van der Waals surface area (Å²) in [5.41, 5.74) is 0.746. The van der Waals surface area contributed by atoms with Crippen molar-refractivity contribution in [1.82, 2.24) is 9.78 Å². The van der Waals surface area contributed by atoms with E-state index in [1.54, 1.807) is 17.1 Å². The molecular formula is C8H12N2O2. The second kappa shape index (κ2) is 3.38. The zero-order valence-electron chi connectivity index (χ0n) is 7.19. The number of carboxylic acids is 1. The topological polar surface area (TPSA) is 55.1 Å². The van der Waals surface area contributed by atoms with Gasteiger partial charge in [-0.15, -0.1) is 0 Å². The molecule has 1 aromatic rings. The number of carboxylic acid groups (broad SMARTS) is 1. The summed E-state index contributed by atoms with van der Waals surface area (Å²) in [5, 5.41) is 12.5. The van der Waals surface area contributed by atoms with E-state index in [0.29, 0.717) is 0 Å². The quantitative estimate of drug-likeness (QED) is 0.735. The molecular weight excluding hydrogens is 156 g/mol. The monoisotopic (exact) mass is 168 g/mol. The minimum Gasteiger partial charge on any atom is -0.481 e. The van der Waals surface area contributed by atoms with Crippen molar-refractivity contribution in [2.45, 2.75) is 26.3 Å². The predicted octanol–water partition coefficient (Wildman–Crippen LogP) is 1.09. The van der Waals surface area contributed by atoms with Gasteiger partial charge in [0.1, 0.15) is 0 Å². The number of nitrogens with zero attached hydrogens (tertiary/aromatic N) is 2. The molecule has 0 amide bonds. The number of hydrogen-bond acceptors (Lipinski definition) is 2. The van der Waals surface area contributed by atoms with Crippen molar-refractivity contribution in [3.8, 4) is 0 Å². The average Bonchev–Trinajstić information content (AvgIpc) is 2.34. The van der Waals surface area contributed by atoms with Gasteiger partial charge in [-0.1, -0.05) is 0 Å². The Hall–Kier alpha value is -1.32. The minimum absolute atomic E-state index is 0.0483. The molecule has 0 aliphatic carbocycles. The van der Waals surface area contributed by atoms with Gasteiger partial charge in [-0.2, -0.15) is 5.10 Å². The summed E-state index contributed by atoms with van der Waals surface area (Å²) in [4.78, 5) is 10.3. The van der Waals surface area contributed by atoms with Crippen LogP contribution in [-0.2, 0) is 11.2 Å². The van der Waals surface area contributed by atoms with Crippen molar-refractivity contribution < 1.29 is 9.90 Å². The first-order valence-corrected chi connectivity index (χ1v) is 3.84. The Morgan fingerprint density at radius 2 is 2.42 bits per heavy atom. The summed E-state index contributed by atoms with van der Waals surface area (Å²) in [7, 11) is 0. The van der Waals surface area contributed by atoms with Crippen LogP contribution < -0.4 is 0 Å². The van der Waals surface area contributed by atoms with Crippen LogP contribution in [0.3, 0.4) is 0 Å². The fourth-order valence-corrected chi connectivity index (χ4v) is 0.926. The maximum Gasteiger partial charge on any atom is 0.307 e. The molecule has 1 heterocycles. The average molecular weight is 168 g/mol. The summed E-state index contributed by atoms with van der Waals surface area (Å²) in [6, 6.07) is 0.285. The lowest BCUT2D eigenvalue weighted by Gasteiger charge is -2.02. The SMILES string of the molecule is CC(C)n1cc(CC(=O)O)cn1. The molecule has 12 heavy (non-hydrogen) atoms. The largest absolute Gasteiger partial charge is 0.481 e. The maximum atomic E-state index is 10.3. The third-order valence-corrected chi connectivity index (χ3v) is 1.54. The molecule has 0 aliphatic rings. The van der Waals surface area contributed by atoms with E-state index in [0.717, 1.165) is 5.56 Å². The lowest BCUT2D eigenvalue weighted by molar-refractivity contribution is -0.136. The first-order valence-electron chi connectivity index (χ1n) is 3.84. The molecule has 0 saturated carbocycles. The second-order valence-corrected chi connectivity index (χ2v) is 2.99. The van der Waals surface area contributed by atoms with E-state index >= 15 is 0 Å². The van der Waals surface area contributed by atoms with Crippen LogP contribution in [0.2, 0.25) is 0 Å². The van der Waals surface area contributed by atoms with Gasteiger partial charge in [0.2, 0.25) is 0 Å². The molecule has 1 aromatic heterocycles. The number of aromatic nitrogens is 2. The van der Waals surface area contributed by atoms with Crippen LogP contribution in [-0.4, -0.2) is 20.9 Å². The molecule has 1 N–H and O–H groups in total. The van der Waals surface area contributed by atoms with E-state index in [9.17, 15) is 4.79 Å². The molecule has 0 aliphatic heterocycles. The van der Waals surface area contributed by atoms with Crippen LogP contribution in [0.5, 0.6) is 0 Å². The summed E-state index contributed by atoms with van der Waals surface area (Å²) in [6.45, 7) is 4.00. The summed E-state index contributed by atoms with van der Waals surface area (Å²) >= 11 is 0. The number of aliphatic carboxylic acids is 1. The predicted molar refractivity (Wildman–Crippen MR) is 44.0 cm³/mol. The van der Waals surface area contributed by atoms with Crippen LogP contribution in [0, 0.1) is 0 Å². The van der Waals surface area contributed by atoms with E-state index in [-0.39, 0.29) is 12.5 Å². The Morgan fingerprint density at radius 1 is 1.75 bits per heavy atom. The molecule has 4 heteroatoms. The summed E-state index contributed by atoms with van der Waals surface area (Å²) in [6.07, 6.45) is 3.40. The van der Waals surface area contributed by atoms with Gasteiger partial charge in [-0.3, -0.25) is 9.48 Å². The van der Waals surface area contributed by atoms with Gasteiger partial charge in [0, 0.05) is 17.8 Å². The summed E-state index contributed by atoms with van der Waals surface area (Å²) in [5.74, 6) is -0.821. The van der Waals surface area contributed by atoms with Crippen LogP contribution in [0.4, 0.5) is 0 Å². The highest BCUT2D eigenvalue weighted by molar-refractivity contribution is 5.69. The van der Waals surface area contributed by atoms with Gasteiger partial charge < -0.3 is 5.11 Å². The number of carbonyl (C=O) groups is 1. The third kappa shape index (κ3) is 2.08. The van der Waals surface area contributed by atoms with Gasteiger partial charge in [0.15, 0.2) is 0 Å². The first kappa shape index (κ1) is 8.77. The molecule has 0 bridgehead atoms. The maximum absolute atomic E-state index is 10.3. The Labute approximate surface area is 70.8 Å². The van der Waals surface area contributed by atoms with Crippen LogP contribution in [0.1, 0.15) is 25.5 Å². The van der Waals surface area contributed by atoms with Gasteiger partial charge in [0.25, 0.3) is 0 Å². The third-order valence-electron chi connectivity index (χ3n) is 1.54. The zero-order valence-corrected chi connectivity index (χ0v) is 7.19. The van der Waals surface area contributed by atoms with Crippen molar-refractivity contribution in [3.05, 3.63) is 18.0 Å². The Balaban J connectivity index is 2.70. The zero-order chi connectivity index (χ0) is 9.14. The van der Waals surface area contributed by atoms with Gasteiger partial charge in [0.05, 0.1) is 12.6 Å². The molecule has 0 atom stereocenters. The van der Waals surface area contributed by atoms with E-state index < -0.39 is 5.97 Å². The minimum atomic E-state index is -0.821. The molecule has 0 aromatic carbocycles. The smallest absolute Gasteiger partial charge is 0.307 e. The molecule has 1 rings (SSSR count). The van der Waals surface area contributed by atoms with Crippen molar-refractivity contribution in [2.24, 2.45) is 0 Å². The molecule has 0 fully saturated rings. The molecule has 0 radical (unpaired) electrons. The van der Waals surface area contributed by atoms with Gasteiger partial charge in [-0.25, -0.2) is 0 Å². The Bertz CT molecular complexity index is 278. The fraction of sp³-hybridized carbons (Fsp3) is 0.500. The molecule has 4 nitrogen and oxygen atoms in total. The lowest BCUT2D eigenvalue weighted by atomic mass is 10.2. The lowest BCUT2D eigenvalue weighted by Crippen LogP contribution is -2.01. The van der Waals surface area contributed by atoms with E-state index in [1.165, 1.54) is 0 Å². The number of hydrogen-bond donors (Lipinski definition) is 1. The van der Waals surface area contributed by atoms with Crippen LogP contribution >= 0.6 is 0 Å². The fourth-order valence-electron chi connectivity index (χ4n) is 0.926. The molecule has 0 unspecified atom stereocenters. The highest BCUT2D eigenvalue weighted by atomic mass is 16.4. The highest BCUT2D eigenvalue weighted by Gasteiger charge is 2.04. The van der Waals surface area contributed by atoms with Crippen molar-refractivity contribution in [2.75, 3.05) is 0 Å². The highest BCUT2D eigenvalue weighted by Crippen LogP contribution is 2.05. The van der Waals surface area contributed by atoms with Crippen molar-refractivity contribution in [3.63, 3.8) is 0 Å². The van der Waals surface area contributed by atoms with Crippen molar-refractivity contribution >= 4 is 5.97 Å². The number of rotatable bonds is 3. The molecule has 0 spiro atoms. The normalized spacial score (nSPS) is 10.6. The van der Waals surface area contributed by atoms with E-state index in [4.69, 9.17) is 5.11 Å². The van der Waals surface area contributed by atoms with Crippen molar-refractivity contribution in [1.29, 1.82) is 0 Å². The standard InChI is InChI=1S/C8H12N2O2/c1-6(2)10-5-7(4-9-10)3-8(11)12/h4-6H,3H2,1-2H3,(H,11,12). The Morgan fingerprint density at radius 3 is 2.83 bits per heavy atom.